The van der Waals surface area contributed by atoms with Gasteiger partial charge in [-0.25, -0.2) is 8.42 Å². The third kappa shape index (κ3) is 5.07. The van der Waals surface area contributed by atoms with Gasteiger partial charge in [-0.3, -0.25) is 9.52 Å². The molecule has 0 amide bonds. The number of sulfonamides is 1. The molecule has 0 spiro atoms. The summed E-state index contributed by atoms with van der Waals surface area (Å²) >= 11 is 7.48. The van der Waals surface area contributed by atoms with Gasteiger partial charge in [0.25, 0.3) is 0 Å². The maximum atomic E-state index is 12.2. The fourth-order valence-corrected chi connectivity index (χ4v) is 4.84. The van der Waals surface area contributed by atoms with E-state index in [4.69, 9.17) is 16.3 Å². The van der Waals surface area contributed by atoms with Crippen LogP contribution in [0.4, 0.5) is 5.69 Å². The van der Waals surface area contributed by atoms with E-state index in [2.05, 4.69) is 4.72 Å². The fraction of sp³-hybridized carbons (Fsp3) is 0.250. The van der Waals surface area contributed by atoms with Crippen molar-refractivity contribution in [2.45, 2.75) is 30.2 Å². The number of hydrogen-bond donors (Lipinski definition) is 1. The van der Waals surface area contributed by atoms with Gasteiger partial charge in [0, 0.05) is 25.9 Å². The van der Waals surface area contributed by atoms with E-state index >= 15 is 0 Å². The molecule has 29 heavy (non-hydrogen) atoms. The summed E-state index contributed by atoms with van der Waals surface area (Å²) in [5.41, 5.74) is 2.06. The second-order valence-electron chi connectivity index (χ2n) is 6.44. The summed E-state index contributed by atoms with van der Waals surface area (Å²) < 4.78 is 33.3. The van der Waals surface area contributed by atoms with E-state index in [1.807, 2.05) is 29.7 Å². The zero-order valence-electron chi connectivity index (χ0n) is 16.2. The topological polar surface area (TPSA) is 77.4 Å². The number of anilines is 1. The summed E-state index contributed by atoms with van der Waals surface area (Å²) in [6, 6.07) is 12.7. The van der Waals surface area contributed by atoms with Crippen LogP contribution < -0.4 is 4.72 Å². The van der Waals surface area contributed by atoms with Crippen LogP contribution >= 0.6 is 23.4 Å². The molecule has 0 saturated carbocycles. The first-order valence-electron chi connectivity index (χ1n) is 8.88. The smallest absolute Gasteiger partial charge is 0.325 e. The Morgan fingerprint density at radius 3 is 2.52 bits per heavy atom. The zero-order valence-corrected chi connectivity index (χ0v) is 18.6. The molecule has 1 aromatic heterocycles. The van der Waals surface area contributed by atoms with Gasteiger partial charge in [0.05, 0.1) is 24.1 Å². The number of halogens is 1. The van der Waals surface area contributed by atoms with E-state index in [1.165, 1.54) is 11.8 Å². The van der Waals surface area contributed by atoms with Crippen LogP contribution in [0.2, 0.25) is 5.02 Å². The number of carbonyl (C=O) groups is 1. The summed E-state index contributed by atoms with van der Waals surface area (Å²) in [6.45, 7) is 4.00. The average Bonchev–Trinajstić information content (AvgIpc) is 2.89. The molecule has 2 aromatic carbocycles. The second-order valence-corrected chi connectivity index (χ2v) is 9.70. The van der Waals surface area contributed by atoms with Crippen molar-refractivity contribution in [3.05, 3.63) is 53.2 Å². The number of rotatable bonds is 7. The summed E-state index contributed by atoms with van der Waals surface area (Å²) in [5, 5.41) is 1.37. The van der Waals surface area contributed by atoms with Crippen molar-refractivity contribution in [2.75, 3.05) is 17.6 Å². The van der Waals surface area contributed by atoms with E-state index in [-0.39, 0.29) is 12.5 Å². The highest BCUT2D eigenvalue weighted by atomic mass is 35.5. The largest absolute Gasteiger partial charge is 0.465 e. The molecule has 0 aliphatic rings. The maximum Gasteiger partial charge on any atom is 0.325 e. The lowest BCUT2D eigenvalue weighted by molar-refractivity contribution is -0.143. The molecule has 3 rings (SSSR count). The monoisotopic (exact) mass is 452 g/mol. The van der Waals surface area contributed by atoms with E-state index in [1.54, 1.807) is 31.2 Å². The maximum absolute atomic E-state index is 12.2. The van der Waals surface area contributed by atoms with Gasteiger partial charge in [-0.1, -0.05) is 29.4 Å². The molecule has 1 heterocycles. The van der Waals surface area contributed by atoms with Gasteiger partial charge in [-0.15, -0.1) is 0 Å². The highest BCUT2D eigenvalue weighted by molar-refractivity contribution is 7.99. The Bertz CT molecular complexity index is 1160. The van der Waals surface area contributed by atoms with Crippen LogP contribution in [0.25, 0.3) is 10.9 Å². The number of hydrogen-bond acceptors (Lipinski definition) is 5. The Labute approximate surface area is 179 Å². The van der Waals surface area contributed by atoms with Gasteiger partial charge in [0.1, 0.15) is 6.54 Å². The van der Waals surface area contributed by atoms with Crippen molar-refractivity contribution in [2.24, 2.45) is 0 Å². The Balaban J connectivity index is 2.19. The lowest BCUT2D eigenvalue weighted by Gasteiger charge is -2.09. The van der Waals surface area contributed by atoms with Crippen molar-refractivity contribution >= 4 is 55.9 Å². The number of benzene rings is 2. The van der Waals surface area contributed by atoms with Crippen LogP contribution in [-0.4, -0.2) is 31.8 Å². The van der Waals surface area contributed by atoms with E-state index in [9.17, 15) is 13.2 Å². The third-order valence-corrected chi connectivity index (χ3v) is 6.27. The fourth-order valence-electron chi connectivity index (χ4n) is 3.06. The van der Waals surface area contributed by atoms with Crippen molar-refractivity contribution in [3.63, 3.8) is 0 Å². The summed E-state index contributed by atoms with van der Waals surface area (Å²) in [4.78, 5) is 14.0. The Morgan fingerprint density at radius 2 is 1.90 bits per heavy atom. The van der Waals surface area contributed by atoms with Crippen molar-refractivity contribution in [1.82, 2.24) is 4.57 Å². The lowest BCUT2D eigenvalue weighted by atomic mass is 10.2. The van der Waals surface area contributed by atoms with Gasteiger partial charge < -0.3 is 9.30 Å². The number of fused-ring (bicyclic) bond motifs is 1. The normalized spacial score (nSPS) is 11.6. The number of carbonyl (C=O) groups excluding carboxylic acids is 1. The molecular weight excluding hydrogens is 432 g/mol. The zero-order chi connectivity index (χ0) is 21.2. The van der Waals surface area contributed by atoms with Crippen molar-refractivity contribution in [3.8, 4) is 0 Å². The Hall–Kier alpha value is -2.16. The summed E-state index contributed by atoms with van der Waals surface area (Å²) in [7, 11) is -3.48. The highest BCUT2D eigenvalue weighted by Gasteiger charge is 2.21. The first-order valence-corrected chi connectivity index (χ1v) is 12.0. The number of esters is 1. The molecule has 0 unspecified atom stereocenters. The lowest BCUT2D eigenvalue weighted by Crippen LogP contribution is -2.14. The van der Waals surface area contributed by atoms with Gasteiger partial charge in [0.2, 0.25) is 10.0 Å². The molecule has 0 aliphatic heterocycles. The molecule has 3 aromatic rings. The first kappa shape index (κ1) is 21.5. The van der Waals surface area contributed by atoms with Gasteiger partial charge in [-0.05, 0) is 50.2 Å². The standard InChI is InChI=1S/C20H21ClN2O4S2/c1-4-27-18(24)12-23-13(2)20(28-15-10-8-14(21)9-11-15)19-16(22-29(3,25)26)6-5-7-17(19)23/h5-11,22H,4,12H2,1-3H3. The molecule has 0 bridgehead atoms. The minimum Gasteiger partial charge on any atom is -0.465 e. The van der Waals surface area contributed by atoms with Crippen LogP contribution in [-0.2, 0) is 26.1 Å². The minimum absolute atomic E-state index is 0.0413. The number of nitrogens with zero attached hydrogens (tertiary/aromatic N) is 1. The molecule has 9 heteroatoms. The number of ether oxygens (including phenoxy) is 1. The predicted octanol–water partition coefficient (Wildman–Crippen LogP) is 4.69. The average molecular weight is 453 g/mol. The number of nitrogens with one attached hydrogen (secondary N) is 1. The molecule has 0 fully saturated rings. The van der Waals surface area contributed by atoms with Gasteiger partial charge in [0.15, 0.2) is 0 Å². The molecule has 0 atom stereocenters. The van der Waals surface area contributed by atoms with Crippen LogP contribution in [0.5, 0.6) is 0 Å². The number of aromatic nitrogens is 1. The highest BCUT2D eigenvalue weighted by Crippen LogP contribution is 2.42. The van der Waals surface area contributed by atoms with Gasteiger partial charge in [-0.2, -0.15) is 0 Å². The van der Waals surface area contributed by atoms with Crippen LogP contribution in [0.15, 0.2) is 52.3 Å². The van der Waals surface area contributed by atoms with E-state index < -0.39 is 10.0 Å². The SMILES string of the molecule is CCOC(=O)Cn1c(C)c(Sc2ccc(Cl)cc2)c2c(NS(C)(=O)=O)cccc21. The first-order chi connectivity index (χ1) is 13.7. The molecular formula is C20H21ClN2O4S2. The molecule has 0 radical (unpaired) electrons. The molecule has 1 N–H and O–H groups in total. The molecule has 6 nitrogen and oxygen atoms in total. The van der Waals surface area contributed by atoms with Gasteiger partial charge >= 0.3 is 5.97 Å². The van der Waals surface area contributed by atoms with E-state index in [0.29, 0.717) is 17.3 Å². The van der Waals surface area contributed by atoms with Crippen molar-refractivity contribution in [1.29, 1.82) is 0 Å². The summed E-state index contributed by atoms with van der Waals surface area (Å²) in [6.07, 6.45) is 1.11. The predicted molar refractivity (Wildman–Crippen MR) is 117 cm³/mol. The van der Waals surface area contributed by atoms with Crippen molar-refractivity contribution < 1.29 is 17.9 Å². The Kier molecular flexibility index (Phi) is 6.45. The molecule has 0 saturated heterocycles. The molecule has 0 aliphatic carbocycles. The minimum atomic E-state index is -3.48. The van der Waals surface area contributed by atoms with E-state index in [0.717, 1.165) is 32.6 Å². The Morgan fingerprint density at radius 1 is 1.21 bits per heavy atom. The second kappa shape index (κ2) is 8.69. The quantitative estimate of drug-likeness (QED) is 0.526. The van der Waals surface area contributed by atoms with Crippen LogP contribution in [0.1, 0.15) is 12.6 Å². The molecule has 154 valence electrons. The third-order valence-electron chi connectivity index (χ3n) is 4.22. The van der Waals surface area contributed by atoms with Crippen LogP contribution in [0, 0.1) is 6.92 Å². The van der Waals surface area contributed by atoms with Crippen LogP contribution in [0.3, 0.4) is 0 Å². The summed E-state index contributed by atoms with van der Waals surface area (Å²) in [5.74, 6) is -0.350.